The fourth-order valence-corrected chi connectivity index (χ4v) is 1.52. The van der Waals surface area contributed by atoms with Gasteiger partial charge in [0.15, 0.2) is 6.67 Å². The van der Waals surface area contributed by atoms with Crippen molar-refractivity contribution < 1.29 is 18.7 Å². The van der Waals surface area contributed by atoms with E-state index in [1.54, 1.807) is 6.92 Å². The van der Waals surface area contributed by atoms with Crippen molar-refractivity contribution in [3.63, 3.8) is 0 Å². The molecule has 1 aromatic carbocycles. The number of benzene rings is 1. The Hall–Kier alpha value is -1.91. The fourth-order valence-electron chi connectivity index (χ4n) is 1.52. The number of carbonyl (C=O) groups excluding carboxylic acids is 2. The van der Waals surface area contributed by atoms with E-state index in [9.17, 15) is 14.0 Å². The number of alkyl halides is 1. The first-order valence-corrected chi connectivity index (χ1v) is 5.73. The Labute approximate surface area is 105 Å². The quantitative estimate of drug-likeness (QED) is 0.776. The predicted molar refractivity (Wildman–Crippen MR) is 64.7 cm³/mol. The summed E-state index contributed by atoms with van der Waals surface area (Å²) in [5.74, 6) is -1.37. The van der Waals surface area contributed by atoms with E-state index in [-0.39, 0.29) is 13.0 Å². The molecule has 0 saturated heterocycles. The maximum atomic E-state index is 12.2. The van der Waals surface area contributed by atoms with Gasteiger partial charge in [0.2, 0.25) is 0 Å². The lowest BCUT2D eigenvalue weighted by molar-refractivity contribution is -0.147. The Morgan fingerprint density at radius 1 is 1.33 bits per heavy atom. The number of amides is 1. The molecule has 1 N–H and O–H groups in total. The van der Waals surface area contributed by atoms with Crippen molar-refractivity contribution >= 4 is 11.9 Å². The van der Waals surface area contributed by atoms with Crippen molar-refractivity contribution in [1.29, 1.82) is 0 Å². The van der Waals surface area contributed by atoms with Gasteiger partial charge in [-0.25, -0.2) is 9.18 Å². The van der Waals surface area contributed by atoms with Gasteiger partial charge in [-0.2, -0.15) is 0 Å². The molecule has 1 atom stereocenters. The van der Waals surface area contributed by atoms with Crippen LogP contribution in [0.3, 0.4) is 0 Å². The summed E-state index contributed by atoms with van der Waals surface area (Å²) in [5.41, 5.74) is 0.870. The molecule has 1 rings (SSSR count). The van der Waals surface area contributed by atoms with Crippen LogP contribution in [0.4, 0.5) is 4.39 Å². The van der Waals surface area contributed by atoms with Crippen LogP contribution in [0.25, 0.3) is 0 Å². The van der Waals surface area contributed by atoms with E-state index in [1.807, 2.05) is 30.3 Å². The molecule has 0 fully saturated rings. The van der Waals surface area contributed by atoms with E-state index >= 15 is 0 Å². The first-order valence-electron chi connectivity index (χ1n) is 5.73. The highest BCUT2D eigenvalue weighted by Gasteiger charge is 2.22. The molecule has 0 aliphatic rings. The Bertz CT molecular complexity index is 394. The summed E-state index contributed by atoms with van der Waals surface area (Å²) in [6.07, 6.45) is 0.283. The van der Waals surface area contributed by atoms with Crippen LogP contribution >= 0.6 is 0 Å². The summed E-state index contributed by atoms with van der Waals surface area (Å²) in [6.45, 7) is 0.745. The molecule has 98 valence electrons. The van der Waals surface area contributed by atoms with Crippen LogP contribution in [0, 0.1) is 0 Å². The van der Waals surface area contributed by atoms with E-state index in [1.165, 1.54) is 0 Å². The highest BCUT2D eigenvalue weighted by molar-refractivity contribution is 5.85. The summed E-state index contributed by atoms with van der Waals surface area (Å²) in [4.78, 5) is 22.7. The Kier molecular flexibility index (Phi) is 5.84. The first-order chi connectivity index (χ1) is 8.67. The van der Waals surface area contributed by atoms with Crippen LogP contribution in [0.15, 0.2) is 30.3 Å². The standard InChI is InChI=1S/C13H16FNO3/c1-2-18-13(17)11(15-12(16)9-14)8-10-6-4-3-5-7-10/h3-7,11H,2,8-9H2,1H3,(H,15,16)/t11-/m0/s1. The van der Waals surface area contributed by atoms with Gasteiger partial charge in [-0.05, 0) is 12.5 Å². The number of ether oxygens (including phenoxy) is 1. The molecular formula is C13H16FNO3. The minimum Gasteiger partial charge on any atom is -0.464 e. The van der Waals surface area contributed by atoms with Gasteiger partial charge in [0.25, 0.3) is 5.91 Å². The third-order valence-corrected chi connectivity index (χ3v) is 2.31. The third-order valence-electron chi connectivity index (χ3n) is 2.31. The smallest absolute Gasteiger partial charge is 0.328 e. The molecule has 0 aliphatic heterocycles. The van der Waals surface area contributed by atoms with Crippen molar-refractivity contribution in [2.24, 2.45) is 0 Å². The molecule has 5 heteroatoms. The predicted octanol–water partition coefficient (Wildman–Crippen LogP) is 1.25. The molecule has 1 aromatic rings. The molecule has 0 saturated carbocycles. The van der Waals surface area contributed by atoms with Crippen LogP contribution in [0.1, 0.15) is 12.5 Å². The number of esters is 1. The van der Waals surface area contributed by atoms with Gasteiger partial charge in [-0.1, -0.05) is 30.3 Å². The summed E-state index contributed by atoms with van der Waals surface area (Å²) >= 11 is 0. The summed E-state index contributed by atoms with van der Waals surface area (Å²) in [5, 5.41) is 2.31. The zero-order chi connectivity index (χ0) is 13.4. The molecule has 0 unspecified atom stereocenters. The zero-order valence-electron chi connectivity index (χ0n) is 10.2. The Morgan fingerprint density at radius 2 is 2.00 bits per heavy atom. The molecule has 4 nitrogen and oxygen atoms in total. The maximum Gasteiger partial charge on any atom is 0.328 e. The van der Waals surface area contributed by atoms with E-state index in [0.29, 0.717) is 0 Å². The highest BCUT2D eigenvalue weighted by Crippen LogP contribution is 2.05. The average molecular weight is 253 g/mol. The van der Waals surface area contributed by atoms with Gasteiger partial charge in [0.05, 0.1) is 6.61 Å². The molecule has 0 aliphatic carbocycles. The van der Waals surface area contributed by atoms with Crippen molar-refractivity contribution in [1.82, 2.24) is 5.32 Å². The molecule has 1 amide bonds. The number of rotatable bonds is 6. The van der Waals surface area contributed by atoms with Crippen LogP contribution < -0.4 is 5.32 Å². The Morgan fingerprint density at radius 3 is 2.56 bits per heavy atom. The molecule has 18 heavy (non-hydrogen) atoms. The van der Waals surface area contributed by atoms with E-state index in [0.717, 1.165) is 5.56 Å². The number of halogens is 1. The van der Waals surface area contributed by atoms with Gasteiger partial charge in [-0.15, -0.1) is 0 Å². The molecule has 0 spiro atoms. The second-order valence-corrected chi connectivity index (χ2v) is 3.70. The number of carbonyl (C=O) groups is 2. The largest absolute Gasteiger partial charge is 0.464 e. The van der Waals surface area contributed by atoms with Crippen LogP contribution in [0.5, 0.6) is 0 Å². The second kappa shape index (κ2) is 7.42. The van der Waals surface area contributed by atoms with Gasteiger partial charge in [0, 0.05) is 6.42 Å². The number of hydrogen-bond donors (Lipinski definition) is 1. The summed E-state index contributed by atoms with van der Waals surface area (Å²) in [7, 11) is 0. The van der Waals surface area contributed by atoms with E-state index < -0.39 is 24.6 Å². The van der Waals surface area contributed by atoms with Crippen molar-refractivity contribution in [3.05, 3.63) is 35.9 Å². The van der Waals surface area contributed by atoms with Crippen molar-refractivity contribution in [3.8, 4) is 0 Å². The fraction of sp³-hybridized carbons (Fsp3) is 0.385. The third kappa shape index (κ3) is 4.53. The van der Waals surface area contributed by atoms with Gasteiger partial charge < -0.3 is 10.1 Å². The zero-order valence-corrected chi connectivity index (χ0v) is 10.2. The summed E-state index contributed by atoms with van der Waals surface area (Å²) < 4.78 is 17.0. The number of hydrogen-bond acceptors (Lipinski definition) is 3. The molecule has 0 heterocycles. The molecule has 0 bridgehead atoms. The minimum atomic E-state index is -1.15. The van der Waals surface area contributed by atoms with Gasteiger partial charge in [0.1, 0.15) is 6.04 Å². The lowest BCUT2D eigenvalue weighted by Crippen LogP contribution is -2.44. The lowest BCUT2D eigenvalue weighted by atomic mass is 10.1. The molecular weight excluding hydrogens is 237 g/mol. The van der Waals surface area contributed by atoms with Crippen molar-refractivity contribution in [2.45, 2.75) is 19.4 Å². The number of nitrogens with one attached hydrogen (secondary N) is 1. The topological polar surface area (TPSA) is 55.4 Å². The molecule has 0 radical (unpaired) electrons. The minimum absolute atomic E-state index is 0.218. The normalized spacial score (nSPS) is 11.7. The van der Waals surface area contributed by atoms with Crippen LogP contribution in [-0.4, -0.2) is 31.2 Å². The average Bonchev–Trinajstić information content (AvgIpc) is 2.39. The van der Waals surface area contributed by atoms with Crippen LogP contribution in [0.2, 0.25) is 0 Å². The van der Waals surface area contributed by atoms with Crippen LogP contribution in [-0.2, 0) is 20.7 Å². The van der Waals surface area contributed by atoms with Gasteiger partial charge in [-0.3, -0.25) is 4.79 Å². The monoisotopic (exact) mass is 253 g/mol. The van der Waals surface area contributed by atoms with E-state index in [4.69, 9.17) is 4.74 Å². The maximum absolute atomic E-state index is 12.2. The summed E-state index contributed by atoms with van der Waals surface area (Å²) in [6, 6.07) is 8.31. The Balaban J connectivity index is 2.71. The SMILES string of the molecule is CCOC(=O)[C@H](Cc1ccccc1)NC(=O)CF. The first kappa shape index (κ1) is 14.2. The molecule has 0 aromatic heterocycles. The second-order valence-electron chi connectivity index (χ2n) is 3.70. The van der Waals surface area contributed by atoms with Crippen molar-refractivity contribution in [2.75, 3.05) is 13.3 Å². The lowest BCUT2D eigenvalue weighted by Gasteiger charge is -2.16. The highest BCUT2D eigenvalue weighted by atomic mass is 19.1. The van der Waals surface area contributed by atoms with Gasteiger partial charge >= 0.3 is 5.97 Å². The van der Waals surface area contributed by atoms with E-state index in [2.05, 4.69) is 5.32 Å².